The van der Waals surface area contributed by atoms with Crippen LogP contribution >= 0.6 is 0 Å². The summed E-state index contributed by atoms with van der Waals surface area (Å²) in [4.78, 5) is 11.7. The van der Waals surface area contributed by atoms with Crippen LogP contribution in [0.5, 0.6) is 0 Å². The lowest BCUT2D eigenvalue weighted by atomic mass is 10.2. The second-order valence-corrected chi connectivity index (χ2v) is 15.0. The number of ether oxygens (including phenoxy) is 2. The van der Waals surface area contributed by atoms with E-state index in [4.69, 9.17) is 14.6 Å². The summed E-state index contributed by atoms with van der Waals surface area (Å²) < 4.78 is 28.0. The van der Waals surface area contributed by atoms with Crippen LogP contribution in [-0.2, 0) is 26.1 Å². The van der Waals surface area contributed by atoms with Gasteiger partial charge in [-0.15, -0.1) is 4.36 Å². The lowest BCUT2D eigenvalue weighted by Gasteiger charge is -2.18. The first-order valence-corrected chi connectivity index (χ1v) is 13.0. The predicted octanol–water partition coefficient (Wildman–Crippen LogP) is 2.83. The maximum Gasteiger partial charge on any atom is 0.443 e. The van der Waals surface area contributed by atoms with Gasteiger partial charge in [0.1, 0.15) is 12.3 Å². The Morgan fingerprint density at radius 3 is 2.58 bits per heavy atom. The summed E-state index contributed by atoms with van der Waals surface area (Å²) in [7, 11) is -4.64. The van der Waals surface area contributed by atoms with Crippen LogP contribution in [0.25, 0.3) is 0 Å². The Kier molecular flexibility index (Phi) is 6.73. The number of nitrogens with two attached hydrogens (primary N) is 1. The van der Waals surface area contributed by atoms with Gasteiger partial charge >= 0.3 is 6.09 Å². The number of aromatic nitrogens is 2. The van der Waals surface area contributed by atoms with E-state index in [0.717, 1.165) is 6.04 Å². The number of hydrogen-bond acceptors (Lipinski definition) is 5. The van der Waals surface area contributed by atoms with Gasteiger partial charge in [0.25, 0.3) is 0 Å². The lowest BCUT2D eigenvalue weighted by molar-refractivity contribution is 0.0606. The zero-order valence-electron chi connectivity index (χ0n) is 15.2. The topological polar surface area (TPSA) is 109 Å². The lowest BCUT2D eigenvalue weighted by Crippen LogP contribution is -2.25. The molecule has 0 spiro atoms. The van der Waals surface area contributed by atoms with Gasteiger partial charge in [0, 0.05) is 14.7 Å². The molecule has 1 heterocycles. The summed E-state index contributed by atoms with van der Waals surface area (Å²) in [5, 5.41) is 9.88. The van der Waals surface area contributed by atoms with E-state index in [-0.39, 0.29) is 11.8 Å². The van der Waals surface area contributed by atoms with Gasteiger partial charge in [-0.05, 0) is 32.9 Å². The van der Waals surface area contributed by atoms with Crippen molar-refractivity contribution in [3.05, 3.63) is 12.3 Å². The van der Waals surface area contributed by atoms with Crippen molar-refractivity contribution in [1.29, 1.82) is 0 Å². The Bertz CT molecular complexity index is 682. The van der Waals surface area contributed by atoms with E-state index >= 15 is 0 Å². The highest BCUT2D eigenvalue weighted by Crippen LogP contribution is 2.13. The third kappa shape index (κ3) is 7.56. The molecule has 1 atom stereocenters. The number of nitrogens with zero attached hydrogens (tertiary/aromatic N) is 3. The fourth-order valence-electron chi connectivity index (χ4n) is 1.63. The van der Waals surface area contributed by atoms with E-state index in [1.807, 2.05) is 0 Å². The molecular formula is C14H28N4O4SSi. The zero-order valence-corrected chi connectivity index (χ0v) is 17.1. The molecule has 1 aromatic heterocycles. The standard InChI is InChI=1S/C14H28N4O4SSi/c1-14(2,3)22-13(19)17-23(15,20)12-7-8-16-18(12)11-21-9-10-24(4,5)6/h7-8H,9-11H2,1-6H3,(H2,15,17,19,20)/t23-/m0/s1. The van der Waals surface area contributed by atoms with Gasteiger partial charge in [0.05, 0.1) is 6.20 Å². The molecule has 2 N–H and O–H groups in total. The number of hydrogen-bond donors (Lipinski definition) is 1. The summed E-state index contributed by atoms with van der Waals surface area (Å²) in [5.74, 6) is 0. The molecule has 0 aliphatic rings. The third-order valence-electron chi connectivity index (χ3n) is 2.79. The molecule has 10 heteroatoms. The molecule has 0 fully saturated rings. The molecule has 0 unspecified atom stereocenters. The molecule has 0 aliphatic heterocycles. The first kappa shape index (κ1) is 20.8. The highest BCUT2D eigenvalue weighted by molar-refractivity contribution is 7.91. The molecule has 0 bridgehead atoms. The summed E-state index contributed by atoms with van der Waals surface area (Å²) in [6.07, 6.45) is 0.469. The highest BCUT2D eigenvalue weighted by Gasteiger charge is 2.20. The summed E-state index contributed by atoms with van der Waals surface area (Å²) in [6.45, 7) is 12.5. The van der Waals surface area contributed by atoms with Gasteiger partial charge in [-0.2, -0.15) is 5.10 Å². The Hall–Kier alpha value is -1.23. The third-order valence-corrected chi connectivity index (χ3v) is 5.86. The fourth-order valence-corrected chi connectivity index (χ4v) is 3.40. The van der Waals surface area contributed by atoms with E-state index in [1.165, 1.54) is 16.9 Å². The number of carbonyl (C=O) groups is 1. The fraction of sp³-hybridized carbons (Fsp3) is 0.714. The van der Waals surface area contributed by atoms with Crippen LogP contribution in [0, 0.1) is 0 Å². The van der Waals surface area contributed by atoms with E-state index in [2.05, 4.69) is 29.1 Å². The zero-order chi connectivity index (χ0) is 18.6. The van der Waals surface area contributed by atoms with Crippen LogP contribution in [-0.4, -0.2) is 40.4 Å². The van der Waals surface area contributed by atoms with E-state index in [9.17, 15) is 9.00 Å². The monoisotopic (exact) mass is 376 g/mol. The molecule has 0 aromatic carbocycles. The van der Waals surface area contributed by atoms with Crippen LogP contribution in [0.3, 0.4) is 0 Å². The van der Waals surface area contributed by atoms with Crippen LogP contribution in [0.1, 0.15) is 20.8 Å². The average Bonchev–Trinajstić information content (AvgIpc) is 2.79. The van der Waals surface area contributed by atoms with Crippen LogP contribution in [0.4, 0.5) is 4.79 Å². The van der Waals surface area contributed by atoms with Crippen LogP contribution < -0.4 is 5.14 Å². The molecule has 8 nitrogen and oxygen atoms in total. The van der Waals surface area contributed by atoms with Gasteiger partial charge in [-0.3, -0.25) is 0 Å². The summed E-state index contributed by atoms with van der Waals surface area (Å²) in [5.41, 5.74) is -0.740. The van der Waals surface area contributed by atoms with Gasteiger partial charge < -0.3 is 9.47 Å². The number of amides is 1. The smallest absolute Gasteiger partial charge is 0.442 e. The van der Waals surface area contributed by atoms with Crippen molar-refractivity contribution in [2.45, 2.75) is 63.8 Å². The van der Waals surface area contributed by atoms with Crippen molar-refractivity contribution in [3.63, 3.8) is 0 Å². The molecule has 0 radical (unpaired) electrons. The average molecular weight is 377 g/mol. The molecule has 0 saturated carbocycles. The van der Waals surface area contributed by atoms with E-state index in [1.54, 1.807) is 20.8 Å². The molecule has 1 rings (SSSR count). The predicted molar refractivity (Wildman–Crippen MR) is 95.6 cm³/mol. The molecule has 24 heavy (non-hydrogen) atoms. The van der Waals surface area contributed by atoms with Crippen molar-refractivity contribution in [2.75, 3.05) is 6.61 Å². The van der Waals surface area contributed by atoms with E-state index < -0.39 is 29.7 Å². The normalized spacial score (nSPS) is 15.0. The van der Waals surface area contributed by atoms with Crippen molar-refractivity contribution < 1.29 is 18.5 Å². The maximum atomic E-state index is 12.6. The first-order valence-electron chi connectivity index (χ1n) is 7.68. The minimum absolute atomic E-state index is 0.102. The number of rotatable bonds is 6. The molecule has 1 aromatic rings. The van der Waals surface area contributed by atoms with Crippen molar-refractivity contribution in [3.8, 4) is 0 Å². The van der Waals surface area contributed by atoms with Gasteiger partial charge in [0.2, 0.25) is 0 Å². The number of carbonyl (C=O) groups excluding carboxylic acids is 1. The molecule has 0 saturated heterocycles. The van der Waals surface area contributed by atoms with Crippen molar-refractivity contribution in [1.82, 2.24) is 9.78 Å². The maximum absolute atomic E-state index is 12.6. The SMILES string of the molecule is CC(C)(C)OC(=O)N=[S@](N)(=O)c1ccnn1COCC[Si](C)(C)C. The summed E-state index contributed by atoms with van der Waals surface area (Å²) in [6, 6.07) is 2.46. The van der Waals surface area contributed by atoms with Crippen molar-refractivity contribution in [2.24, 2.45) is 9.50 Å². The molecule has 1 amide bonds. The Balaban J connectivity index is 2.82. The molecule has 0 aliphatic carbocycles. The van der Waals surface area contributed by atoms with Gasteiger partial charge in [-0.25, -0.2) is 18.8 Å². The minimum Gasteiger partial charge on any atom is -0.442 e. The second kappa shape index (κ2) is 7.77. The van der Waals surface area contributed by atoms with Crippen LogP contribution in [0.15, 0.2) is 21.7 Å². The minimum atomic E-state index is -3.46. The quantitative estimate of drug-likeness (QED) is 0.606. The summed E-state index contributed by atoms with van der Waals surface area (Å²) >= 11 is 0. The first-order chi connectivity index (χ1) is 10.8. The van der Waals surface area contributed by atoms with Crippen molar-refractivity contribution >= 4 is 24.1 Å². The highest BCUT2D eigenvalue weighted by atomic mass is 32.2. The second-order valence-electron chi connectivity index (χ2n) is 7.66. The Morgan fingerprint density at radius 2 is 2.04 bits per heavy atom. The molecular weight excluding hydrogens is 348 g/mol. The van der Waals surface area contributed by atoms with Gasteiger partial charge in [0.15, 0.2) is 14.9 Å². The van der Waals surface area contributed by atoms with Gasteiger partial charge in [-0.1, -0.05) is 19.6 Å². The molecule has 138 valence electrons. The Labute approximate surface area is 145 Å². The Morgan fingerprint density at radius 1 is 1.42 bits per heavy atom. The largest absolute Gasteiger partial charge is 0.443 e. The van der Waals surface area contributed by atoms with Crippen LogP contribution in [0.2, 0.25) is 25.7 Å². The van der Waals surface area contributed by atoms with E-state index in [0.29, 0.717) is 6.61 Å².